The third kappa shape index (κ3) is 3.41. The summed E-state index contributed by atoms with van der Waals surface area (Å²) in [7, 11) is 0. The Labute approximate surface area is 141 Å². The number of hydrogen-bond donors (Lipinski definition) is 0. The maximum absolute atomic E-state index is 12.9. The van der Waals surface area contributed by atoms with Gasteiger partial charge in [-0.25, -0.2) is 0 Å². The molecule has 0 fully saturated rings. The first-order valence-electron chi connectivity index (χ1n) is 6.82. The summed E-state index contributed by atoms with van der Waals surface area (Å²) in [4.78, 5) is 14.6. The van der Waals surface area contributed by atoms with E-state index in [-0.39, 0.29) is 5.91 Å². The van der Waals surface area contributed by atoms with Gasteiger partial charge in [0.25, 0.3) is 5.91 Å². The van der Waals surface area contributed by atoms with Gasteiger partial charge in [-0.15, -0.1) is 0 Å². The van der Waals surface area contributed by atoms with Gasteiger partial charge in [0, 0.05) is 3.57 Å². The van der Waals surface area contributed by atoms with Gasteiger partial charge in [0.2, 0.25) is 0 Å². The average molecular weight is 407 g/mol. The second-order valence-corrected chi connectivity index (χ2v) is 5.96. The van der Waals surface area contributed by atoms with E-state index in [9.17, 15) is 4.79 Å². The van der Waals surface area contributed by atoms with Crippen LogP contribution in [0.15, 0.2) is 69.9 Å². The summed E-state index contributed by atoms with van der Waals surface area (Å²) in [5, 5.41) is 0. The first-order chi connectivity index (χ1) is 10.7. The molecule has 5 heteroatoms. The Kier molecular flexibility index (Phi) is 4.62. The lowest BCUT2D eigenvalue weighted by Gasteiger charge is -2.21. The molecule has 0 radical (unpaired) electrons. The van der Waals surface area contributed by atoms with E-state index in [1.807, 2.05) is 48.5 Å². The summed E-state index contributed by atoms with van der Waals surface area (Å²) in [6.07, 6.45) is 3.22. The fourth-order valence-electron chi connectivity index (χ4n) is 2.19. The molecular weight excluding hydrogens is 393 g/mol. The van der Waals surface area contributed by atoms with Crippen LogP contribution in [0.25, 0.3) is 0 Å². The van der Waals surface area contributed by atoms with Crippen molar-refractivity contribution in [1.82, 2.24) is 4.90 Å². The largest absolute Gasteiger partial charge is 0.467 e. The molecule has 0 unspecified atom stereocenters. The van der Waals surface area contributed by atoms with Crippen LogP contribution in [0, 0.1) is 3.57 Å². The molecule has 4 nitrogen and oxygen atoms in total. The maximum Gasteiger partial charge on any atom is 0.255 e. The van der Waals surface area contributed by atoms with Crippen molar-refractivity contribution >= 4 is 28.5 Å². The Morgan fingerprint density at radius 3 is 2.00 bits per heavy atom. The van der Waals surface area contributed by atoms with E-state index in [1.165, 1.54) is 0 Å². The van der Waals surface area contributed by atoms with Crippen LogP contribution in [-0.4, -0.2) is 10.8 Å². The van der Waals surface area contributed by atoms with Gasteiger partial charge >= 0.3 is 0 Å². The SMILES string of the molecule is O=C(c1ccccc1I)N(Cc1ccco1)Cc1ccco1. The van der Waals surface area contributed by atoms with Crippen molar-refractivity contribution in [3.8, 4) is 0 Å². The van der Waals surface area contributed by atoms with Crippen LogP contribution in [0.4, 0.5) is 0 Å². The van der Waals surface area contributed by atoms with E-state index in [1.54, 1.807) is 17.4 Å². The highest BCUT2D eigenvalue weighted by atomic mass is 127. The van der Waals surface area contributed by atoms with E-state index in [0.717, 1.165) is 15.1 Å². The van der Waals surface area contributed by atoms with Gasteiger partial charge in [-0.2, -0.15) is 0 Å². The average Bonchev–Trinajstić information content (AvgIpc) is 3.20. The van der Waals surface area contributed by atoms with Gasteiger partial charge in [-0.1, -0.05) is 12.1 Å². The number of nitrogens with zero attached hydrogens (tertiary/aromatic N) is 1. The Hall–Kier alpha value is -2.02. The second kappa shape index (κ2) is 6.83. The third-order valence-electron chi connectivity index (χ3n) is 3.25. The van der Waals surface area contributed by atoms with Gasteiger partial charge in [-0.05, 0) is 59.0 Å². The molecule has 3 rings (SSSR count). The first kappa shape index (κ1) is 14.9. The lowest BCUT2D eigenvalue weighted by molar-refractivity contribution is 0.0704. The molecule has 0 aliphatic heterocycles. The van der Waals surface area contributed by atoms with Crippen molar-refractivity contribution in [2.24, 2.45) is 0 Å². The lowest BCUT2D eigenvalue weighted by atomic mass is 10.2. The fourth-order valence-corrected chi connectivity index (χ4v) is 2.80. The topological polar surface area (TPSA) is 46.6 Å². The van der Waals surface area contributed by atoms with Crippen molar-refractivity contribution in [2.75, 3.05) is 0 Å². The van der Waals surface area contributed by atoms with Crippen molar-refractivity contribution in [2.45, 2.75) is 13.1 Å². The predicted molar refractivity (Wildman–Crippen MR) is 90.2 cm³/mol. The molecule has 0 aliphatic carbocycles. The van der Waals surface area contributed by atoms with Gasteiger partial charge in [0.1, 0.15) is 11.5 Å². The van der Waals surface area contributed by atoms with Crippen LogP contribution in [0.2, 0.25) is 0 Å². The molecule has 1 aromatic carbocycles. The smallest absolute Gasteiger partial charge is 0.255 e. The molecular formula is C17H14INO3. The highest BCUT2D eigenvalue weighted by Crippen LogP contribution is 2.18. The van der Waals surface area contributed by atoms with Crippen LogP contribution in [0.1, 0.15) is 21.9 Å². The molecule has 0 atom stereocenters. The number of rotatable bonds is 5. The highest BCUT2D eigenvalue weighted by molar-refractivity contribution is 14.1. The minimum Gasteiger partial charge on any atom is -0.467 e. The fraction of sp³-hybridized carbons (Fsp3) is 0.118. The number of furan rings is 2. The summed E-state index contributed by atoms with van der Waals surface area (Å²) in [6.45, 7) is 0.801. The van der Waals surface area contributed by atoms with Crippen LogP contribution >= 0.6 is 22.6 Å². The molecule has 0 N–H and O–H groups in total. The third-order valence-corrected chi connectivity index (χ3v) is 4.19. The Morgan fingerprint density at radius 1 is 0.909 bits per heavy atom. The normalized spacial score (nSPS) is 10.6. The number of carbonyl (C=O) groups excluding carboxylic acids is 1. The molecule has 0 bridgehead atoms. The van der Waals surface area contributed by atoms with Gasteiger partial charge < -0.3 is 13.7 Å². The van der Waals surface area contributed by atoms with Crippen LogP contribution in [-0.2, 0) is 13.1 Å². The van der Waals surface area contributed by atoms with Crippen molar-refractivity contribution in [3.63, 3.8) is 0 Å². The second-order valence-electron chi connectivity index (χ2n) is 4.80. The summed E-state index contributed by atoms with van der Waals surface area (Å²) in [5.74, 6) is 1.44. The molecule has 3 aromatic rings. The van der Waals surface area contributed by atoms with Crippen LogP contribution in [0.3, 0.4) is 0 Å². The number of amides is 1. The lowest BCUT2D eigenvalue weighted by Crippen LogP contribution is -2.30. The minimum atomic E-state index is -0.0437. The minimum absolute atomic E-state index is 0.0437. The number of carbonyl (C=O) groups is 1. The molecule has 2 heterocycles. The van der Waals surface area contributed by atoms with Crippen molar-refractivity contribution in [1.29, 1.82) is 0 Å². The van der Waals surface area contributed by atoms with Crippen molar-refractivity contribution < 1.29 is 13.6 Å². The summed E-state index contributed by atoms with van der Waals surface area (Å²) >= 11 is 2.17. The Bertz CT molecular complexity index is 699. The van der Waals surface area contributed by atoms with Gasteiger partial charge in [0.05, 0.1) is 31.2 Å². The Balaban J connectivity index is 1.87. The number of benzene rings is 1. The number of hydrogen-bond acceptors (Lipinski definition) is 3. The van der Waals surface area contributed by atoms with E-state index < -0.39 is 0 Å². The van der Waals surface area contributed by atoms with Crippen LogP contribution < -0.4 is 0 Å². The van der Waals surface area contributed by atoms with E-state index in [0.29, 0.717) is 18.7 Å². The molecule has 0 saturated carbocycles. The molecule has 1 amide bonds. The van der Waals surface area contributed by atoms with Crippen LogP contribution in [0.5, 0.6) is 0 Å². The Morgan fingerprint density at radius 2 is 1.50 bits per heavy atom. The molecule has 22 heavy (non-hydrogen) atoms. The standard InChI is InChI=1S/C17H14INO3/c18-16-8-2-1-7-15(16)17(20)19(11-13-5-3-9-21-13)12-14-6-4-10-22-14/h1-10H,11-12H2. The predicted octanol–water partition coefficient (Wildman–Crippen LogP) is 4.32. The summed E-state index contributed by atoms with van der Waals surface area (Å²) in [5.41, 5.74) is 0.682. The van der Waals surface area contributed by atoms with E-state index >= 15 is 0 Å². The quantitative estimate of drug-likeness (QED) is 0.592. The van der Waals surface area contributed by atoms with E-state index in [2.05, 4.69) is 22.6 Å². The highest BCUT2D eigenvalue weighted by Gasteiger charge is 2.20. The molecule has 0 saturated heterocycles. The zero-order chi connectivity index (χ0) is 15.4. The summed E-state index contributed by atoms with van der Waals surface area (Å²) < 4.78 is 11.7. The molecule has 2 aromatic heterocycles. The molecule has 0 aliphatic rings. The van der Waals surface area contributed by atoms with E-state index in [4.69, 9.17) is 8.83 Å². The molecule has 112 valence electrons. The zero-order valence-electron chi connectivity index (χ0n) is 11.7. The van der Waals surface area contributed by atoms with Gasteiger partial charge in [-0.3, -0.25) is 4.79 Å². The van der Waals surface area contributed by atoms with Crippen molar-refractivity contribution in [3.05, 3.63) is 81.7 Å². The summed E-state index contributed by atoms with van der Waals surface area (Å²) in [6, 6.07) is 14.9. The monoisotopic (exact) mass is 407 g/mol. The zero-order valence-corrected chi connectivity index (χ0v) is 13.9. The first-order valence-corrected chi connectivity index (χ1v) is 7.90. The number of halogens is 1. The van der Waals surface area contributed by atoms with Gasteiger partial charge in [0.15, 0.2) is 0 Å². The molecule has 0 spiro atoms. The maximum atomic E-state index is 12.9.